The average molecular weight is 504 g/mol. The highest BCUT2D eigenvalue weighted by Crippen LogP contribution is 2.31. The van der Waals surface area contributed by atoms with Crippen molar-refractivity contribution in [1.82, 2.24) is 0 Å². The second kappa shape index (κ2) is 9.25. The van der Waals surface area contributed by atoms with Crippen LogP contribution in [0.25, 0.3) is 0 Å². The van der Waals surface area contributed by atoms with Crippen LogP contribution < -0.4 is 15.2 Å². The minimum atomic E-state index is -3.99. The molecule has 0 atom stereocenters. The highest BCUT2D eigenvalue weighted by Gasteiger charge is 2.17. The van der Waals surface area contributed by atoms with E-state index in [0.29, 0.717) is 15.9 Å². The van der Waals surface area contributed by atoms with E-state index in [2.05, 4.69) is 30.9 Å². The molecule has 0 aliphatic rings. The van der Waals surface area contributed by atoms with Crippen LogP contribution in [-0.2, 0) is 14.8 Å². The third kappa shape index (κ3) is 5.68. The number of ether oxygens (including phenoxy) is 1. The van der Waals surface area contributed by atoms with Crippen LogP contribution >= 0.6 is 27.5 Å². The number of hydrogen-bond donors (Lipinski definition) is 3. The summed E-state index contributed by atoms with van der Waals surface area (Å²) in [5, 5.41) is 16.8. The Labute approximate surface area is 180 Å². The van der Waals surface area contributed by atoms with E-state index >= 15 is 0 Å². The number of nitrogens with zero attached hydrogens (tertiary/aromatic N) is 2. The zero-order chi connectivity index (χ0) is 21.8. The fraction of sp³-hybridized carbons (Fsp3) is 0.118. The van der Waals surface area contributed by atoms with E-state index in [9.17, 15) is 18.3 Å². The van der Waals surface area contributed by atoms with Gasteiger partial charge in [-0.3, -0.25) is 9.52 Å². The first-order valence-electron chi connectivity index (χ1n) is 7.82. The quantitative estimate of drug-likeness (QED) is 0.294. The number of methoxy groups -OCH3 is 1. The lowest BCUT2D eigenvalue weighted by atomic mass is 10.3. The van der Waals surface area contributed by atoms with E-state index in [4.69, 9.17) is 22.1 Å². The Balaban J connectivity index is 2.37. The van der Waals surface area contributed by atoms with Crippen molar-refractivity contribution in [3.63, 3.8) is 0 Å². The topological polar surface area (TPSA) is 143 Å². The summed E-state index contributed by atoms with van der Waals surface area (Å²) < 4.78 is 33.5. The zero-order valence-corrected chi connectivity index (χ0v) is 18.3. The van der Waals surface area contributed by atoms with Crippen LogP contribution in [0.1, 0.15) is 6.92 Å². The van der Waals surface area contributed by atoms with Gasteiger partial charge in [-0.15, -0.1) is 10.2 Å². The molecule has 12 heteroatoms. The van der Waals surface area contributed by atoms with E-state index < -0.39 is 27.4 Å². The van der Waals surface area contributed by atoms with Gasteiger partial charge >= 0.3 is 0 Å². The standard InChI is InChI=1S/C17H16BrClN4O5S/c1-9(24)16(17(20)25)22-21-14-8-11(4-5-13(14)19)29(26,27)23-10-3-6-15(28-2)12(18)7-10/h3-8,23-24H,1-2H3,(H2,20,25). The van der Waals surface area contributed by atoms with Crippen LogP contribution in [-0.4, -0.2) is 26.5 Å². The molecule has 0 bridgehead atoms. The van der Waals surface area contributed by atoms with Crippen molar-refractivity contribution in [1.29, 1.82) is 0 Å². The molecule has 2 aromatic rings. The number of amides is 1. The van der Waals surface area contributed by atoms with E-state index in [0.717, 1.165) is 6.07 Å². The number of carbonyl (C=O) groups is 1. The Bertz CT molecular complexity index is 1110. The molecule has 0 aliphatic carbocycles. The van der Waals surface area contributed by atoms with Crippen molar-refractivity contribution < 1.29 is 23.1 Å². The normalized spacial score (nSPS) is 12.6. The van der Waals surface area contributed by atoms with Crippen LogP contribution in [0.15, 0.2) is 67.5 Å². The van der Waals surface area contributed by atoms with E-state index in [1.165, 1.54) is 32.2 Å². The molecule has 9 nitrogen and oxygen atoms in total. The lowest BCUT2D eigenvalue weighted by molar-refractivity contribution is -0.114. The molecule has 0 saturated carbocycles. The van der Waals surface area contributed by atoms with E-state index in [-0.39, 0.29) is 15.6 Å². The number of benzene rings is 2. The molecule has 4 N–H and O–H groups in total. The summed E-state index contributed by atoms with van der Waals surface area (Å²) in [5.74, 6) is -0.895. The Morgan fingerprint density at radius 2 is 1.97 bits per heavy atom. The molecular formula is C17H16BrClN4O5S. The predicted octanol–water partition coefficient (Wildman–Crippen LogP) is 4.27. The summed E-state index contributed by atoms with van der Waals surface area (Å²) in [5.41, 5.74) is 4.88. The van der Waals surface area contributed by atoms with Crippen LogP contribution in [0.5, 0.6) is 5.75 Å². The fourth-order valence-corrected chi connectivity index (χ4v) is 3.85. The van der Waals surface area contributed by atoms with Crippen molar-refractivity contribution >= 4 is 54.8 Å². The maximum atomic E-state index is 12.7. The minimum Gasteiger partial charge on any atom is -0.510 e. The van der Waals surface area contributed by atoms with Crippen molar-refractivity contribution in [3.05, 3.63) is 57.3 Å². The summed E-state index contributed by atoms with van der Waals surface area (Å²) in [6, 6.07) is 8.43. The Hall–Kier alpha value is -2.63. The highest BCUT2D eigenvalue weighted by molar-refractivity contribution is 9.10. The van der Waals surface area contributed by atoms with Crippen LogP contribution in [0.2, 0.25) is 5.02 Å². The molecule has 29 heavy (non-hydrogen) atoms. The van der Waals surface area contributed by atoms with Crippen molar-refractivity contribution in [2.75, 3.05) is 11.8 Å². The Kier molecular flexibility index (Phi) is 7.22. The molecule has 0 fully saturated rings. The number of primary amides is 1. The van der Waals surface area contributed by atoms with Gasteiger partial charge in [-0.05, 0) is 59.3 Å². The van der Waals surface area contributed by atoms with Gasteiger partial charge in [0.2, 0.25) is 0 Å². The number of carbonyl (C=O) groups excluding carboxylic acids is 1. The molecule has 0 heterocycles. The summed E-state index contributed by atoms with van der Waals surface area (Å²) >= 11 is 9.30. The van der Waals surface area contributed by atoms with Gasteiger partial charge < -0.3 is 15.6 Å². The molecule has 0 spiro atoms. The first-order chi connectivity index (χ1) is 13.5. The monoisotopic (exact) mass is 502 g/mol. The molecular weight excluding hydrogens is 488 g/mol. The third-order valence-electron chi connectivity index (χ3n) is 3.47. The number of nitrogens with one attached hydrogen (secondary N) is 1. The number of anilines is 1. The van der Waals surface area contributed by atoms with Crippen molar-refractivity contribution in [2.45, 2.75) is 11.8 Å². The number of halogens is 2. The van der Waals surface area contributed by atoms with E-state index in [1.54, 1.807) is 12.1 Å². The van der Waals surface area contributed by atoms with Gasteiger partial charge in [-0.1, -0.05) is 11.6 Å². The van der Waals surface area contributed by atoms with Gasteiger partial charge in [0.1, 0.15) is 17.2 Å². The molecule has 1 amide bonds. The average Bonchev–Trinajstić information content (AvgIpc) is 2.62. The lowest BCUT2D eigenvalue weighted by Gasteiger charge is -2.11. The molecule has 0 saturated heterocycles. The maximum Gasteiger partial charge on any atom is 0.272 e. The summed E-state index contributed by atoms with van der Waals surface area (Å²) in [6.07, 6.45) is 0. The first-order valence-corrected chi connectivity index (χ1v) is 10.5. The maximum absolute atomic E-state index is 12.7. The first kappa shape index (κ1) is 22.7. The summed E-state index contributed by atoms with van der Waals surface area (Å²) in [4.78, 5) is 11.1. The second-order valence-corrected chi connectivity index (χ2v) is 8.51. The van der Waals surface area contributed by atoms with Crippen LogP contribution in [0, 0.1) is 0 Å². The number of aliphatic hydroxyl groups excluding tert-OH is 1. The lowest BCUT2D eigenvalue weighted by Crippen LogP contribution is -2.14. The molecule has 154 valence electrons. The van der Waals surface area contributed by atoms with Gasteiger partial charge in [0.15, 0.2) is 5.70 Å². The number of sulfonamides is 1. The number of hydrogen-bond acceptors (Lipinski definition) is 7. The zero-order valence-electron chi connectivity index (χ0n) is 15.2. The number of nitrogens with two attached hydrogens (primary N) is 1. The molecule has 0 radical (unpaired) electrons. The highest BCUT2D eigenvalue weighted by atomic mass is 79.9. The number of allylic oxidation sites excluding steroid dienone is 1. The minimum absolute atomic E-state index is 0.0366. The summed E-state index contributed by atoms with van der Waals surface area (Å²) in [6.45, 7) is 1.21. The van der Waals surface area contributed by atoms with Crippen LogP contribution in [0.4, 0.5) is 11.4 Å². The molecule has 0 unspecified atom stereocenters. The smallest absolute Gasteiger partial charge is 0.272 e. The largest absolute Gasteiger partial charge is 0.510 e. The Morgan fingerprint density at radius 3 is 2.52 bits per heavy atom. The van der Waals surface area contributed by atoms with Gasteiger partial charge in [0.25, 0.3) is 15.9 Å². The predicted molar refractivity (Wildman–Crippen MR) is 112 cm³/mol. The fourth-order valence-electron chi connectivity index (χ4n) is 2.08. The molecule has 0 aromatic heterocycles. The Morgan fingerprint density at radius 1 is 1.28 bits per heavy atom. The molecule has 0 aliphatic heterocycles. The van der Waals surface area contributed by atoms with Gasteiger partial charge in [-0.2, -0.15) is 0 Å². The third-order valence-corrected chi connectivity index (χ3v) is 5.78. The van der Waals surface area contributed by atoms with Gasteiger partial charge in [0.05, 0.1) is 27.2 Å². The van der Waals surface area contributed by atoms with Crippen molar-refractivity contribution in [3.8, 4) is 5.75 Å². The second-order valence-electron chi connectivity index (χ2n) is 5.57. The number of azo groups is 1. The molecule has 2 aromatic carbocycles. The molecule has 2 rings (SSSR count). The number of rotatable bonds is 7. The van der Waals surface area contributed by atoms with Gasteiger partial charge in [0, 0.05) is 0 Å². The van der Waals surface area contributed by atoms with E-state index in [1.807, 2.05) is 0 Å². The SMILES string of the molecule is COc1ccc(NS(=O)(=O)c2ccc(Cl)c(N=NC(C(N)=O)=C(C)O)c2)cc1Br. The van der Waals surface area contributed by atoms with Crippen molar-refractivity contribution in [2.24, 2.45) is 16.0 Å². The number of aliphatic hydroxyl groups is 1. The van der Waals surface area contributed by atoms with Gasteiger partial charge in [-0.25, -0.2) is 8.42 Å². The summed E-state index contributed by atoms with van der Waals surface area (Å²) in [7, 11) is -2.49. The van der Waals surface area contributed by atoms with Crippen LogP contribution in [0.3, 0.4) is 0 Å².